The maximum atomic E-state index is 12.3. The van der Waals surface area contributed by atoms with Crippen molar-refractivity contribution in [3.05, 3.63) is 0 Å². The van der Waals surface area contributed by atoms with E-state index in [4.69, 9.17) is 9.84 Å². The van der Waals surface area contributed by atoms with E-state index in [1.807, 2.05) is 0 Å². The Morgan fingerprint density at radius 1 is 0.958 bits per heavy atom. The molecule has 4 heteroatoms. The highest BCUT2D eigenvalue weighted by molar-refractivity contribution is 5.74. The number of hydrogen-bond acceptors (Lipinski definition) is 3. The van der Waals surface area contributed by atoms with E-state index in [0.29, 0.717) is 25.7 Å². The number of carboxylic acids is 1. The van der Waals surface area contributed by atoms with Gasteiger partial charge < -0.3 is 9.84 Å². The molecule has 1 rings (SSSR count). The smallest absolute Gasteiger partial charge is 0.309 e. The van der Waals surface area contributed by atoms with Crippen LogP contribution in [0.1, 0.15) is 91.4 Å². The minimum Gasteiger partial charge on any atom is -0.481 e. The molecule has 1 aliphatic carbocycles. The summed E-state index contributed by atoms with van der Waals surface area (Å²) in [6, 6.07) is 0. The van der Waals surface area contributed by atoms with Crippen molar-refractivity contribution in [3.8, 4) is 0 Å². The van der Waals surface area contributed by atoms with E-state index in [2.05, 4.69) is 20.8 Å². The van der Waals surface area contributed by atoms with Gasteiger partial charge in [0.05, 0.1) is 11.8 Å². The van der Waals surface area contributed by atoms with Crippen molar-refractivity contribution in [2.45, 2.75) is 97.5 Å². The molecule has 0 spiro atoms. The minimum atomic E-state index is -0.731. The Hall–Kier alpha value is -1.06. The zero-order chi connectivity index (χ0) is 17.9. The molecule has 24 heavy (non-hydrogen) atoms. The Labute approximate surface area is 147 Å². The van der Waals surface area contributed by atoms with Crippen molar-refractivity contribution in [1.82, 2.24) is 0 Å². The van der Waals surface area contributed by atoms with Gasteiger partial charge in [-0.3, -0.25) is 9.59 Å². The van der Waals surface area contributed by atoms with Crippen LogP contribution in [0.25, 0.3) is 0 Å². The van der Waals surface area contributed by atoms with E-state index in [-0.39, 0.29) is 23.9 Å². The first kappa shape index (κ1) is 21.0. The summed E-state index contributed by atoms with van der Waals surface area (Å²) >= 11 is 0. The molecule has 4 nitrogen and oxygen atoms in total. The summed E-state index contributed by atoms with van der Waals surface area (Å²) < 4.78 is 5.69. The van der Waals surface area contributed by atoms with Crippen LogP contribution in [0.4, 0.5) is 0 Å². The van der Waals surface area contributed by atoms with Crippen LogP contribution in [0.5, 0.6) is 0 Å². The second-order valence-corrected chi connectivity index (χ2v) is 7.74. The van der Waals surface area contributed by atoms with Gasteiger partial charge in [0.1, 0.15) is 6.10 Å². The first-order valence-electron chi connectivity index (χ1n) is 9.87. The standard InChI is InChI=1S/C20H36O4/c1-4-18(10-8-6-5-7-9-15(2)3)24-20(23)17-13-11-16(12-14-17)19(21)22/h15-18H,4-14H2,1-3H3,(H,21,22). The van der Waals surface area contributed by atoms with Gasteiger partial charge in [-0.15, -0.1) is 0 Å². The molecule has 0 amide bonds. The summed E-state index contributed by atoms with van der Waals surface area (Å²) in [7, 11) is 0. The van der Waals surface area contributed by atoms with Crippen molar-refractivity contribution >= 4 is 11.9 Å². The lowest BCUT2D eigenvalue weighted by Crippen LogP contribution is -2.29. The van der Waals surface area contributed by atoms with Crippen molar-refractivity contribution in [3.63, 3.8) is 0 Å². The number of rotatable bonds is 11. The average molecular weight is 341 g/mol. The van der Waals surface area contributed by atoms with Crippen LogP contribution < -0.4 is 0 Å². The van der Waals surface area contributed by atoms with E-state index in [1.54, 1.807) is 0 Å². The van der Waals surface area contributed by atoms with Crippen LogP contribution in [0.2, 0.25) is 0 Å². The fraction of sp³-hybridized carbons (Fsp3) is 0.900. The number of carbonyl (C=O) groups is 2. The molecular formula is C20H36O4. The first-order valence-corrected chi connectivity index (χ1v) is 9.87. The maximum absolute atomic E-state index is 12.3. The minimum absolute atomic E-state index is 0.0276. The third-order valence-corrected chi connectivity index (χ3v) is 5.21. The number of carboxylic acid groups (broad SMARTS) is 1. The first-order chi connectivity index (χ1) is 11.4. The summed E-state index contributed by atoms with van der Waals surface area (Å²) in [5, 5.41) is 9.02. The van der Waals surface area contributed by atoms with Crippen LogP contribution in [0, 0.1) is 17.8 Å². The third-order valence-electron chi connectivity index (χ3n) is 5.21. The van der Waals surface area contributed by atoms with Gasteiger partial charge in [-0.1, -0.05) is 46.5 Å². The normalized spacial score (nSPS) is 22.3. The van der Waals surface area contributed by atoms with E-state index in [1.165, 1.54) is 25.7 Å². The number of esters is 1. The summed E-state index contributed by atoms with van der Waals surface area (Å²) in [4.78, 5) is 23.3. The van der Waals surface area contributed by atoms with E-state index < -0.39 is 5.97 Å². The van der Waals surface area contributed by atoms with Crippen molar-refractivity contribution in [2.75, 3.05) is 0 Å². The predicted octanol–water partition coefficient (Wildman–Crippen LogP) is 5.20. The summed E-state index contributed by atoms with van der Waals surface area (Å²) in [6.07, 6.45) is 10.5. The van der Waals surface area contributed by atoms with Crippen molar-refractivity contribution in [2.24, 2.45) is 17.8 Å². The highest BCUT2D eigenvalue weighted by Gasteiger charge is 2.31. The number of aliphatic carboxylic acids is 1. The van der Waals surface area contributed by atoms with Crippen LogP contribution in [0.15, 0.2) is 0 Å². The topological polar surface area (TPSA) is 63.6 Å². The van der Waals surface area contributed by atoms with Crippen molar-refractivity contribution < 1.29 is 19.4 Å². The Kier molecular flexibility index (Phi) is 10.0. The summed E-state index contributed by atoms with van der Waals surface area (Å²) in [6.45, 7) is 6.59. The summed E-state index contributed by atoms with van der Waals surface area (Å²) in [5.41, 5.74) is 0. The Balaban J connectivity index is 2.20. The van der Waals surface area contributed by atoms with Crippen molar-refractivity contribution in [1.29, 1.82) is 0 Å². The van der Waals surface area contributed by atoms with Gasteiger partial charge in [-0.25, -0.2) is 0 Å². The molecule has 0 radical (unpaired) electrons. The molecule has 0 aromatic rings. The highest BCUT2D eigenvalue weighted by atomic mass is 16.5. The van der Waals surface area contributed by atoms with E-state index >= 15 is 0 Å². The lowest BCUT2D eigenvalue weighted by Gasteiger charge is -2.26. The quantitative estimate of drug-likeness (QED) is 0.415. The molecule has 1 fully saturated rings. The molecule has 0 heterocycles. The molecule has 1 saturated carbocycles. The van der Waals surface area contributed by atoms with Gasteiger partial charge in [-0.05, 0) is 50.9 Å². The SMILES string of the molecule is CCC(CCCCCCC(C)C)OC(=O)C1CCC(C(=O)O)CC1. The molecule has 1 N–H and O–H groups in total. The fourth-order valence-electron chi connectivity index (χ4n) is 3.46. The number of carbonyl (C=O) groups excluding carboxylic acids is 1. The molecule has 0 aliphatic heterocycles. The monoisotopic (exact) mass is 340 g/mol. The molecule has 0 bridgehead atoms. The molecule has 0 saturated heterocycles. The average Bonchev–Trinajstić information content (AvgIpc) is 2.56. The molecule has 1 atom stereocenters. The third kappa shape index (κ3) is 8.16. The second-order valence-electron chi connectivity index (χ2n) is 7.74. The predicted molar refractivity (Wildman–Crippen MR) is 95.8 cm³/mol. The Bertz CT molecular complexity index is 370. The van der Waals surface area contributed by atoms with Crippen LogP contribution in [-0.2, 0) is 14.3 Å². The van der Waals surface area contributed by atoms with Gasteiger partial charge in [0.2, 0.25) is 0 Å². The Morgan fingerprint density at radius 3 is 2.00 bits per heavy atom. The van der Waals surface area contributed by atoms with Gasteiger partial charge in [0, 0.05) is 0 Å². The van der Waals surface area contributed by atoms with Gasteiger partial charge >= 0.3 is 11.9 Å². The summed E-state index contributed by atoms with van der Waals surface area (Å²) in [5.74, 6) is -0.427. The molecule has 1 unspecified atom stereocenters. The van der Waals surface area contributed by atoms with Crippen LogP contribution in [0.3, 0.4) is 0 Å². The van der Waals surface area contributed by atoms with Gasteiger partial charge in [-0.2, -0.15) is 0 Å². The lowest BCUT2D eigenvalue weighted by atomic mass is 9.82. The molecule has 0 aromatic carbocycles. The lowest BCUT2D eigenvalue weighted by molar-refractivity contribution is -0.157. The molecular weight excluding hydrogens is 304 g/mol. The largest absolute Gasteiger partial charge is 0.481 e. The zero-order valence-electron chi connectivity index (χ0n) is 15.8. The number of unbranched alkanes of at least 4 members (excludes halogenated alkanes) is 3. The molecule has 0 aromatic heterocycles. The van der Waals surface area contributed by atoms with Crippen LogP contribution >= 0.6 is 0 Å². The second kappa shape index (κ2) is 11.5. The fourth-order valence-corrected chi connectivity index (χ4v) is 3.46. The zero-order valence-corrected chi connectivity index (χ0v) is 15.8. The van der Waals surface area contributed by atoms with E-state index in [9.17, 15) is 9.59 Å². The molecule has 140 valence electrons. The van der Waals surface area contributed by atoms with Gasteiger partial charge in [0.25, 0.3) is 0 Å². The number of ether oxygens (including phenoxy) is 1. The maximum Gasteiger partial charge on any atom is 0.309 e. The molecule has 1 aliphatic rings. The van der Waals surface area contributed by atoms with E-state index in [0.717, 1.165) is 25.2 Å². The van der Waals surface area contributed by atoms with Gasteiger partial charge in [0.15, 0.2) is 0 Å². The Morgan fingerprint density at radius 2 is 1.50 bits per heavy atom. The highest BCUT2D eigenvalue weighted by Crippen LogP contribution is 2.30. The number of hydrogen-bond donors (Lipinski definition) is 1. The van der Waals surface area contributed by atoms with Crippen LogP contribution in [-0.4, -0.2) is 23.1 Å².